The number of alkyl halides is 4. The minimum Gasteiger partial charge on any atom is -0.390 e. The highest BCUT2D eigenvalue weighted by Gasteiger charge is 2.31. The summed E-state index contributed by atoms with van der Waals surface area (Å²) in [5, 5.41) is 8.32. The second kappa shape index (κ2) is 15.3. The van der Waals surface area contributed by atoms with Gasteiger partial charge in [0.1, 0.15) is 6.61 Å². The number of aryl methyl sites for hydroxylation is 1. The number of hydrogen-bond acceptors (Lipinski definition) is 7. The number of aliphatic hydroxyl groups excluding tert-OH is 1. The Morgan fingerprint density at radius 2 is 1.29 bits per heavy atom. The molecule has 3 rings (SSSR count). The van der Waals surface area contributed by atoms with Gasteiger partial charge in [0.2, 0.25) is 0 Å². The van der Waals surface area contributed by atoms with Crippen LogP contribution in [0.25, 0.3) is 0 Å². The Kier molecular flexibility index (Phi) is 14.0. The molecule has 0 aliphatic carbocycles. The monoisotopic (exact) mass is 550 g/mol. The van der Waals surface area contributed by atoms with Crippen LogP contribution in [0, 0.1) is 6.92 Å². The summed E-state index contributed by atoms with van der Waals surface area (Å²) in [7, 11) is 1.54. The van der Waals surface area contributed by atoms with E-state index in [9.17, 15) is 26.0 Å². The van der Waals surface area contributed by atoms with Gasteiger partial charge in [-0.05, 0) is 19.1 Å². The minimum atomic E-state index is -3.55. The maximum absolute atomic E-state index is 12.9. The number of halogens is 5. The smallest absolute Gasteiger partial charge is 0.283 e. The van der Waals surface area contributed by atoms with Crippen LogP contribution in [-0.2, 0) is 18.5 Å². The highest BCUT2D eigenvalue weighted by molar-refractivity contribution is 8.13. The summed E-state index contributed by atoms with van der Waals surface area (Å²) in [6.45, 7) is 6.31. The fraction of sp³-hybridized carbons (Fsp3) is 0.727. The molecule has 0 amide bonds. The normalized spacial score (nSPS) is 18.2. The summed E-state index contributed by atoms with van der Waals surface area (Å²) < 4.78 is 82.4. The lowest BCUT2D eigenvalue weighted by atomic mass is 10.2. The van der Waals surface area contributed by atoms with Crippen molar-refractivity contribution in [3.8, 4) is 0 Å². The highest BCUT2D eigenvalue weighted by Crippen LogP contribution is 2.19. The van der Waals surface area contributed by atoms with Crippen LogP contribution in [0.3, 0.4) is 0 Å². The van der Waals surface area contributed by atoms with Crippen molar-refractivity contribution >= 4 is 19.7 Å². The molecule has 1 aromatic rings. The van der Waals surface area contributed by atoms with Gasteiger partial charge < -0.3 is 14.6 Å². The molecule has 204 valence electrons. The minimum absolute atomic E-state index is 0.0790. The maximum Gasteiger partial charge on any atom is 0.283 e. The van der Waals surface area contributed by atoms with Crippen LogP contribution < -0.4 is 0 Å². The van der Waals surface area contributed by atoms with E-state index >= 15 is 0 Å². The summed E-state index contributed by atoms with van der Waals surface area (Å²) >= 11 is 0. The zero-order valence-electron chi connectivity index (χ0n) is 20.1. The molecule has 1 aromatic carbocycles. The van der Waals surface area contributed by atoms with Gasteiger partial charge in [-0.2, -0.15) is 0 Å². The number of rotatable bonds is 7. The molecule has 2 aliphatic heterocycles. The van der Waals surface area contributed by atoms with E-state index in [1.165, 1.54) is 19.1 Å². The first-order valence-corrected chi connectivity index (χ1v) is 13.6. The van der Waals surface area contributed by atoms with Crippen LogP contribution in [0.5, 0.6) is 0 Å². The number of nitrogens with zero attached hydrogens (tertiary/aromatic N) is 2. The lowest BCUT2D eigenvalue weighted by Gasteiger charge is -2.29. The first-order valence-electron chi connectivity index (χ1n) is 11.3. The van der Waals surface area contributed by atoms with E-state index in [-0.39, 0.29) is 24.4 Å². The largest absolute Gasteiger partial charge is 0.390 e. The first-order chi connectivity index (χ1) is 16.3. The van der Waals surface area contributed by atoms with Gasteiger partial charge in [0.15, 0.2) is 0 Å². The lowest BCUT2D eigenvalue weighted by molar-refractivity contribution is -0.0871. The molecule has 35 heavy (non-hydrogen) atoms. The zero-order valence-corrected chi connectivity index (χ0v) is 21.6. The standard InChI is InChI=1S/C8H15F2NO.C7H7ClO2S.C7H13F2NO2/c1-2-8(9,10)7-11-3-5-12-6-4-11;1-6-2-4-7(5-3-6)11(8,9)10;8-7(9,6-11)5-10-1-3-12-4-2-10/h2-7H2,1H3;2-5H,1H3;11H,1-6H2. The van der Waals surface area contributed by atoms with Crippen molar-refractivity contribution in [3.63, 3.8) is 0 Å². The molecule has 2 saturated heterocycles. The van der Waals surface area contributed by atoms with Crippen molar-refractivity contribution in [2.75, 3.05) is 72.3 Å². The highest BCUT2D eigenvalue weighted by atomic mass is 35.7. The molecule has 7 nitrogen and oxygen atoms in total. The fourth-order valence-corrected chi connectivity index (χ4v) is 3.81. The third-order valence-electron chi connectivity index (χ3n) is 5.17. The van der Waals surface area contributed by atoms with Crippen LogP contribution in [-0.4, -0.2) is 107 Å². The molecule has 0 aromatic heterocycles. The molecule has 0 radical (unpaired) electrons. The Hall–Kier alpha value is -1.02. The van der Waals surface area contributed by atoms with Crippen molar-refractivity contribution in [3.05, 3.63) is 29.8 Å². The third-order valence-corrected chi connectivity index (χ3v) is 6.54. The lowest BCUT2D eigenvalue weighted by Crippen LogP contribution is -2.44. The van der Waals surface area contributed by atoms with E-state index in [2.05, 4.69) is 0 Å². The Morgan fingerprint density at radius 3 is 1.63 bits per heavy atom. The van der Waals surface area contributed by atoms with Gasteiger partial charge in [-0.25, -0.2) is 26.0 Å². The van der Waals surface area contributed by atoms with E-state index in [4.69, 9.17) is 25.3 Å². The SMILES string of the molecule is CCC(F)(F)CN1CCOCC1.Cc1ccc(S(=O)(=O)Cl)cc1.OCC(F)(F)CN1CCOCC1. The molecule has 2 aliphatic rings. The average molecular weight is 551 g/mol. The van der Waals surface area contributed by atoms with Crippen LogP contribution >= 0.6 is 10.7 Å². The molecule has 0 atom stereocenters. The van der Waals surface area contributed by atoms with Crippen LogP contribution in [0.4, 0.5) is 17.6 Å². The molecular weight excluding hydrogens is 516 g/mol. The van der Waals surface area contributed by atoms with Crippen LogP contribution in [0.1, 0.15) is 18.9 Å². The third kappa shape index (κ3) is 14.3. The molecule has 0 saturated carbocycles. The molecule has 0 unspecified atom stereocenters. The number of aliphatic hydroxyl groups is 1. The van der Waals surface area contributed by atoms with Gasteiger partial charge in [0.25, 0.3) is 20.9 Å². The summed E-state index contributed by atoms with van der Waals surface area (Å²) in [6.07, 6.45) is -0.0790. The number of ether oxygens (including phenoxy) is 2. The molecule has 0 spiro atoms. The van der Waals surface area contributed by atoms with Gasteiger partial charge >= 0.3 is 0 Å². The van der Waals surface area contributed by atoms with Crippen molar-refractivity contribution in [1.82, 2.24) is 9.80 Å². The van der Waals surface area contributed by atoms with Gasteiger partial charge in [0.05, 0.1) is 44.4 Å². The maximum atomic E-state index is 12.9. The van der Waals surface area contributed by atoms with Crippen LogP contribution in [0.15, 0.2) is 29.2 Å². The Morgan fingerprint density at radius 1 is 0.886 bits per heavy atom. The quantitative estimate of drug-likeness (QED) is 0.412. The first kappa shape index (κ1) is 32.0. The van der Waals surface area contributed by atoms with E-state index in [1.54, 1.807) is 21.9 Å². The molecular formula is C22H35ClF4N2O5S. The van der Waals surface area contributed by atoms with Crippen molar-refractivity contribution < 1.29 is 40.6 Å². The second-order valence-electron chi connectivity index (χ2n) is 8.25. The zero-order chi connectivity index (χ0) is 26.5. The number of hydrogen-bond donors (Lipinski definition) is 1. The predicted octanol–water partition coefficient (Wildman–Crippen LogP) is 3.23. The molecule has 2 heterocycles. The summed E-state index contributed by atoms with van der Waals surface area (Å²) in [5.41, 5.74) is 1.01. The van der Waals surface area contributed by atoms with E-state index < -0.39 is 27.5 Å². The Balaban J connectivity index is 0.000000263. The predicted molar refractivity (Wildman–Crippen MR) is 126 cm³/mol. The van der Waals surface area contributed by atoms with Crippen LogP contribution in [0.2, 0.25) is 0 Å². The topological polar surface area (TPSA) is 79.3 Å². The van der Waals surface area contributed by atoms with Crippen molar-refractivity contribution in [2.45, 2.75) is 37.0 Å². The summed E-state index contributed by atoms with van der Waals surface area (Å²) in [4.78, 5) is 3.50. The number of benzene rings is 1. The van der Waals surface area contributed by atoms with Crippen molar-refractivity contribution in [2.24, 2.45) is 0 Å². The Bertz CT molecular complexity index is 788. The van der Waals surface area contributed by atoms with E-state index in [0.717, 1.165) is 5.56 Å². The van der Waals surface area contributed by atoms with Gasteiger partial charge in [-0.15, -0.1) is 0 Å². The second-order valence-corrected chi connectivity index (χ2v) is 10.8. The molecule has 1 N–H and O–H groups in total. The van der Waals surface area contributed by atoms with Gasteiger partial charge in [-0.3, -0.25) is 9.80 Å². The number of morpholine rings is 2. The fourth-order valence-electron chi connectivity index (χ4n) is 3.04. The molecule has 13 heteroatoms. The molecule has 2 fully saturated rings. The van der Waals surface area contributed by atoms with Gasteiger partial charge in [0, 0.05) is 43.3 Å². The van der Waals surface area contributed by atoms with E-state index in [1.807, 2.05) is 6.92 Å². The van der Waals surface area contributed by atoms with Crippen molar-refractivity contribution in [1.29, 1.82) is 0 Å². The Labute approximate surface area is 209 Å². The average Bonchev–Trinajstić information content (AvgIpc) is 2.80. The van der Waals surface area contributed by atoms with Gasteiger partial charge in [-0.1, -0.05) is 24.6 Å². The molecule has 0 bridgehead atoms. The summed E-state index contributed by atoms with van der Waals surface area (Å²) in [5.74, 6) is -5.51. The van der Waals surface area contributed by atoms with E-state index in [0.29, 0.717) is 52.6 Å². The summed E-state index contributed by atoms with van der Waals surface area (Å²) in [6, 6.07) is 6.37.